The van der Waals surface area contributed by atoms with Crippen molar-refractivity contribution in [2.75, 3.05) is 13.7 Å². The molecule has 0 heterocycles. The highest BCUT2D eigenvalue weighted by molar-refractivity contribution is 5.81. The highest BCUT2D eigenvalue weighted by Crippen LogP contribution is 2.42. The third-order valence-corrected chi connectivity index (χ3v) is 3.66. The van der Waals surface area contributed by atoms with E-state index in [1.165, 1.54) is 0 Å². The van der Waals surface area contributed by atoms with Gasteiger partial charge >= 0.3 is 0 Å². The van der Waals surface area contributed by atoms with Gasteiger partial charge in [-0.15, -0.1) is 0 Å². The molecule has 0 aromatic rings. The van der Waals surface area contributed by atoms with Crippen molar-refractivity contribution in [3.05, 3.63) is 0 Å². The number of methoxy groups -OCH3 is 1. The Bertz CT molecular complexity index is 253. The van der Waals surface area contributed by atoms with Crippen LogP contribution in [0.5, 0.6) is 0 Å². The SMILES string of the molecule is CCNC(=O)C(C)NC1CC(OC)C1(C)C. The highest BCUT2D eigenvalue weighted by atomic mass is 16.5. The van der Waals surface area contributed by atoms with Crippen LogP contribution >= 0.6 is 0 Å². The molecule has 1 fully saturated rings. The summed E-state index contributed by atoms with van der Waals surface area (Å²) in [6.07, 6.45) is 1.28. The number of rotatable bonds is 5. The number of likely N-dealkylation sites (N-methyl/N-ethyl adjacent to an activating group) is 1. The summed E-state index contributed by atoms with van der Waals surface area (Å²) >= 11 is 0. The molecular weight excluding hydrogens is 204 g/mol. The molecule has 3 unspecified atom stereocenters. The predicted molar refractivity (Wildman–Crippen MR) is 64.3 cm³/mol. The van der Waals surface area contributed by atoms with Crippen molar-refractivity contribution in [3.8, 4) is 0 Å². The number of amides is 1. The Morgan fingerprint density at radius 3 is 2.62 bits per heavy atom. The van der Waals surface area contributed by atoms with Crippen molar-refractivity contribution in [2.45, 2.75) is 52.3 Å². The van der Waals surface area contributed by atoms with Crippen LogP contribution in [-0.4, -0.2) is 37.7 Å². The smallest absolute Gasteiger partial charge is 0.236 e. The number of carbonyl (C=O) groups is 1. The normalized spacial score (nSPS) is 29.3. The molecule has 1 saturated carbocycles. The Morgan fingerprint density at radius 1 is 1.56 bits per heavy atom. The number of carbonyl (C=O) groups excluding carboxylic acids is 1. The zero-order valence-electron chi connectivity index (χ0n) is 11.0. The van der Waals surface area contributed by atoms with Crippen LogP contribution in [0.15, 0.2) is 0 Å². The van der Waals surface area contributed by atoms with Crippen LogP contribution in [0.25, 0.3) is 0 Å². The standard InChI is InChI=1S/C12H24N2O2/c1-6-13-11(15)8(2)14-9-7-10(16-5)12(9,3)4/h8-10,14H,6-7H2,1-5H3,(H,13,15). The van der Waals surface area contributed by atoms with Gasteiger partial charge in [0.15, 0.2) is 0 Å². The topological polar surface area (TPSA) is 50.4 Å². The minimum Gasteiger partial charge on any atom is -0.381 e. The van der Waals surface area contributed by atoms with Gasteiger partial charge in [0.25, 0.3) is 0 Å². The van der Waals surface area contributed by atoms with Crippen molar-refractivity contribution in [1.82, 2.24) is 10.6 Å². The maximum Gasteiger partial charge on any atom is 0.236 e. The minimum atomic E-state index is -0.137. The molecular formula is C12H24N2O2. The summed E-state index contributed by atoms with van der Waals surface area (Å²) in [6.45, 7) is 8.86. The fourth-order valence-corrected chi connectivity index (χ4v) is 2.27. The molecule has 0 radical (unpaired) electrons. The van der Waals surface area contributed by atoms with Crippen LogP contribution in [0.3, 0.4) is 0 Å². The van der Waals surface area contributed by atoms with Gasteiger partial charge < -0.3 is 15.4 Å². The van der Waals surface area contributed by atoms with Gasteiger partial charge in [0.1, 0.15) is 0 Å². The van der Waals surface area contributed by atoms with E-state index in [2.05, 4.69) is 24.5 Å². The lowest BCUT2D eigenvalue weighted by Gasteiger charge is -2.52. The van der Waals surface area contributed by atoms with Crippen LogP contribution in [0.4, 0.5) is 0 Å². The maximum atomic E-state index is 11.6. The molecule has 0 aromatic heterocycles. The first-order valence-electron chi connectivity index (χ1n) is 6.00. The van der Waals surface area contributed by atoms with Gasteiger partial charge in [0.2, 0.25) is 5.91 Å². The summed E-state index contributed by atoms with van der Waals surface area (Å²) in [5.41, 5.74) is 0.107. The van der Waals surface area contributed by atoms with Crippen molar-refractivity contribution in [2.24, 2.45) is 5.41 Å². The molecule has 1 amide bonds. The molecule has 2 N–H and O–H groups in total. The fraction of sp³-hybridized carbons (Fsp3) is 0.917. The van der Waals surface area contributed by atoms with Gasteiger partial charge in [-0.3, -0.25) is 4.79 Å². The molecule has 16 heavy (non-hydrogen) atoms. The molecule has 1 aliphatic rings. The molecule has 1 aliphatic carbocycles. The van der Waals surface area contributed by atoms with E-state index in [0.717, 1.165) is 6.42 Å². The quantitative estimate of drug-likeness (QED) is 0.735. The minimum absolute atomic E-state index is 0.0687. The van der Waals surface area contributed by atoms with E-state index < -0.39 is 0 Å². The molecule has 94 valence electrons. The average molecular weight is 228 g/mol. The van der Waals surface area contributed by atoms with Crippen LogP contribution in [0.1, 0.15) is 34.1 Å². The number of nitrogens with one attached hydrogen (secondary N) is 2. The molecule has 0 bridgehead atoms. The summed E-state index contributed by atoms with van der Waals surface area (Å²) in [7, 11) is 1.75. The second-order valence-electron chi connectivity index (χ2n) is 5.12. The highest BCUT2D eigenvalue weighted by Gasteiger charge is 2.49. The van der Waals surface area contributed by atoms with Gasteiger partial charge in [0, 0.05) is 25.1 Å². The molecule has 4 heteroatoms. The fourth-order valence-electron chi connectivity index (χ4n) is 2.27. The van der Waals surface area contributed by atoms with Gasteiger partial charge in [-0.25, -0.2) is 0 Å². The van der Waals surface area contributed by atoms with E-state index >= 15 is 0 Å². The van der Waals surface area contributed by atoms with Crippen molar-refractivity contribution in [3.63, 3.8) is 0 Å². The Morgan fingerprint density at radius 2 is 2.19 bits per heavy atom. The van der Waals surface area contributed by atoms with Crippen LogP contribution in [-0.2, 0) is 9.53 Å². The lowest BCUT2D eigenvalue weighted by Crippen LogP contribution is -2.63. The summed E-state index contributed by atoms with van der Waals surface area (Å²) in [5.74, 6) is 0.0687. The first-order valence-corrected chi connectivity index (χ1v) is 6.00. The molecule has 4 nitrogen and oxygen atoms in total. The largest absolute Gasteiger partial charge is 0.381 e. The maximum absolute atomic E-state index is 11.6. The zero-order chi connectivity index (χ0) is 12.3. The third-order valence-electron chi connectivity index (χ3n) is 3.66. The van der Waals surface area contributed by atoms with Crippen molar-refractivity contribution >= 4 is 5.91 Å². The first kappa shape index (κ1) is 13.5. The van der Waals surface area contributed by atoms with Gasteiger partial charge in [-0.1, -0.05) is 13.8 Å². The molecule has 0 spiro atoms. The van der Waals surface area contributed by atoms with E-state index in [1.54, 1.807) is 7.11 Å². The molecule has 0 aliphatic heterocycles. The number of hydrogen-bond acceptors (Lipinski definition) is 3. The van der Waals surface area contributed by atoms with Crippen molar-refractivity contribution < 1.29 is 9.53 Å². The van der Waals surface area contributed by atoms with E-state index in [-0.39, 0.29) is 17.4 Å². The van der Waals surface area contributed by atoms with E-state index in [9.17, 15) is 4.79 Å². The molecule has 0 aromatic carbocycles. The Labute approximate surface area is 98.1 Å². The number of hydrogen-bond donors (Lipinski definition) is 2. The molecule has 0 saturated heterocycles. The number of ether oxygens (including phenoxy) is 1. The summed E-state index contributed by atoms with van der Waals surface area (Å²) in [5, 5.41) is 6.18. The molecule has 1 rings (SSSR count). The summed E-state index contributed by atoms with van der Waals surface area (Å²) in [6, 6.07) is 0.220. The van der Waals surface area contributed by atoms with Crippen molar-refractivity contribution in [1.29, 1.82) is 0 Å². The van der Waals surface area contributed by atoms with Crippen LogP contribution in [0, 0.1) is 5.41 Å². The summed E-state index contributed by atoms with van der Waals surface area (Å²) in [4.78, 5) is 11.6. The van der Waals surface area contributed by atoms with Gasteiger partial charge in [0.05, 0.1) is 12.1 Å². The van der Waals surface area contributed by atoms with E-state index in [1.807, 2.05) is 13.8 Å². The van der Waals surface area contributed by atoms with E-state index in [4.69, 9.17) is 4.74 Å². The van der Waals surface area contributed by atoms with E-state index in [0.29, 0.717) is 18.7 Å². The van der Waals surface area contributed by atoms with Crippen LogP contribution in [0.2, 0.25) is 0 Å². The predicted octanol–water partition coefficient (Wildman–Crippen LogP) is 0.914. The first-order chi connectivity index (χ1) is 7.43. The Hall–Kier alpha value is -0.610. The average Bonchev–Trinajstić information content (AvgIpc) is 2.23. The van der Waals surface area contributed by atoms with Gasteiger partial charge in [-0.2, -0.15) is 0 Å². The zero-order valence-corrected chi connectivity index (χ0v) is 11.0. The second kappa shape index (κ2) is 5.15. The van der Waals surface area contributed by atoms with Gasteiger partial charge in [-0.05, 0) is 20.3 Å². The third kappa shape index (κ3) is 2.55. The Balaban J connectivity index is 2.42. The summed E-state index contributed by atoms with van der Waals surface area (Å²) < 4.78 is 5.38. The lowest BCUT2D eigenvalue weighted by atomic mass is 9.64. The molecule has 3 atom stereocenters. The lowest BCUT2D eigenvalue weighted by molar-refractivity contribution is -0.127. The Kier molecular flexibility index (Phi) is 4.33. The second-order valence-corrected chi connectivity index (χ2v) is 5.12. The van der Waals surface area contributed by atoms with Crippen LogP contribution < -0.4 is 10.6 Å². The monoisotopic (exact) mass is 228 g/mol.